The summed E-state index contributed by atoms with van der Waals surface area (Å²) in [6.07, 6.45) is 17.8. The Morgan fingerprint density at radius 1 is 0.607 bits per heavy atom. The highest BCUT2D eigenvalue weighted by atomic mass is 33.1. The summed E-state index contributed by atoms with van der Waals surface area (Å²) >= 11 is 0. The van der Waals surface area contributed by atoms with Crippen LogP contribution in [0, 0.1) is 0 Å². The molecule has 0 aliphatic heterocycles. The lowest BCUT2D eigenvalue weighted by molar-refractivity contribution is -0.117. The molecular weight excluding hydrogens is 388 g/mol. The van der Waals surface area contributed by atoms with Crippen molar-refractivity contribution >= 4 is 33.4 Å². The van der Waals surface area contributed by atoms with Crippen LogP contribution in [0.15, 0.2) is 23.0 Å². The standard InChI is InChI=1S/C22H40N2O2S2/c1-3-5-7-9-11-13-17-23-21(25)15-19-27-28-20-16-22(26)24-18-14-12-10-8-6-4-2/h15-16,19-20H,3-14,17-18H2,1-2H3,(H,23,25)(H,24,26). The first-order valence-electron chi connectivity index (χ1n) is 10.9. The predicted molar refractivity (Wildman–Crippen MR) is 126 cm³/mol. The van der Waals surface area contributed by atoms with E-state index in [4.69, 9.17) is 0 Å². The van der Waals surface area contributed by atoms with E-state index in [1.54, 1.807) is 23.0 Å². The van der Waals surface area contributed by atoms with Gasteiger partial charge in [0.2, 0.25) is 11.8 Å². The molecule has 4 nitrogen and oxygen atoms in total. The molecule has 28 heavy (non-hydrogen) atoms. The van der Waals surface area contributed by atoms with Gasteiger partial charge in [-0.3, -0.25) is 9.59 Å². The Morgan fingerprint density at radius 2 is 0.964 bits per heavy atom. The highest BCUT2D eigenvalue weighted by molar-refractivity contribution is 8.78. The lowest BCUT2D eigenvalue weighted by Crippen LogP contribution is -2.21. The second kappa shape index (κ2) is 22.4. The molecule has 0 aromatic heterocycles. The minimum Gasteiger partial charge on any atom is -0.353 e. The fourth-order valence-electron chi connectivity index (χ4n) is 2.59. The maximum absolute atomic E-state index is 11.6. The maximum atomic E-state index is 11.6. The van der Waals surface area contributed by atoms with Gasteiger partial charge in [-0.2, -0.15) is 0 Å². The molecular formula is C22H40N2O2S2. The molecule has 0 aromatic carbocycles. The Morgan fingerprint density at radius 3 is 1.36 bits per heavy atom. The first-order valence-corrected chi connectivity index (χ1v) is 13.2. The molecule has 0 atom stereocenters. The maximum Gasteiger partial charge on any atom is 0.244 e. The number of hydrogen-bond donors (Lipinski definition) is 2. The largest absolute Gasteiger partial charge is 0.353 e. The van der Waals surface area contributed by atoms with Gasteiger partial charge < -0.3 is 10.6 Å². The summed E-state index contributed by atoms with van der Waals surface area (Å²) in [6.45, 7) is 5.91. The number of rotatable bonds is 19. The van der Waals surface area contributed by atoms with Crippen LogP contribution in [0.2, 0.25) is 0 Å². The topological polar surface area (TPSA) is 58.2 Å². The van der Waals surface area contributed by atoms with Crippen molar-refractivity contribution in [1.82, 2.24) is 10.6 Å². The van der Waals surface area contributed by atoms with Gasteiger partial charge in [-0.1, -0.05) is 99.6 Å². The van der Waals surface area contributed by atoms with Crippen LogP contribution in [0.25, 0.3) is 0 Å². The highest BCUT2D eigenvalue weighted by Crippen LogP contribution is 2.23. The fraction of sp³-hybridized carbons (Fsp3) is 0.727. The second-order valence-corrected chi connectivity index (χ2v) is 9.00. The molecule has 0 aromatic rings. The molecule has 2 N–H and O–H groups in total. The van der Waals surface area contributed by atoms with E-state index in [-0.39, 0.29) is 11.8 Å². The van der Waals surface area contributed by atoms with E-state index < -0.39 is 0 Å². The van der Waals surface area contributed by atoms with Crippen LogP contribution in [0.3, 0.4) is 0 Å². The summed E-state index contributed by atoms with van der Waals surface area (Å²) in [5.41, 5.74) is 0. The van der Waals surface area contributed by atoms with E-state index in [2.05, 4.69) is 24.5 Å². The molecule has 0 bridgehead atoms. The van der Waals surface area contributed by atoms with E-state index in [0.29, 0.717) is 0 Å². The molecule has 0 saturated heterocycles. The van der Waals surface area contributed by atoms with Gasteiger partial charge in [-0.05, 0) is 23.7 Å². The Hall–Kier alpha value is -0.880. The average Bonchev–Trinajstić information content (AvgIpc) is 2.69. The summed E-state index contributed by atoms with van der Waals surface area (Å²) in [7, 11) is 2.85. The van der Waals surface area contributed by atoms with Crippen LogP contribution in [0.1, 0.15) is 90.9 Å². The number of nitrogens with one attached hydrogen (secondary N) is 2. The SMILES string of the molecule is CCCCCCCCNC(=O)C=CSSC=CC(=O)NCCCCCCCC. The first kappa shape index (κ1) is 27.1. The van der Waals surface area contributed by atoms with Gasteiger partial charge in [0.1, 0.15) is 0 Å². The monoisotopic (exact) mass is 428 g/mol. The molecule has 162 valence electrons. The summed E-state index contributed by atoms with van der Waals surface area (Å²) in [6, 6.07) is 0. The zero-order chi connectivity index (χ0) is 20.7. The molecule has 0 heterocycles. The van der Waals surface area contributed by atoms with E-state index >= 15 is 0 Å². The molecule has 0 saturated carbocycles. The highest BCUT2D eigenvalue weighted by Gasteiger charge is 1.96. The van der Waals surface area contributed by atoms with Crippen LogP contribution in [-0.2, 0) is 9.59 Å². The van der Waals surface area contributed by atoms with Crippen LogP contribution in [0.5, 0.6) is 0 Å². The van der Waals surface area contributed by atoms with Gasteiger partial charge in [0.15, 0.2) is 0 Å². The normalized spacial score (nSPS) is 11.4. The van der Waals surface area contributed by atoms with Crippen molar-refractivity contribution in [2.45, 2.75) is 90.9 Å². The molecule has 0 aliphatic carbocycles. The van der Waals surface area contributed by atoms with E-state index in [0.717, 1.165) is 25.9 Å². The Labute approximate surface area is 180 Å². The summed E-state index contributed by atoms with van der Waals surface area (Å²) < 4.78 is 0. The molecule has 6 heteroatoms. The fourth-order valence-corrected chi connectivity index (χ4v) is 3.80. The third-order valence-electron chi connectivity index (χ3n) is 4.26. The van der Waals surface area contributed by atoms with Gasteiger partial charge in [0, 0.05) is 25.2 Å². The van der Waals surface area contributed by atoms with Crippen LogP contribution < -0.4 is 10.6 Å². The molecule has 0 rings (SSSR count). The molecule has 0 unspecified atom stereocenters. The lowest BCUT2D eigenvalue weighted by atomic mass is 10.1. The number of amides is 2. The summed E-state index contributed by atoms with van der Waals surface area (Å²) in [5, 5.41) is 9.29. The third kappa shape index (κ3) is 21.4. The van der Waals surface area contributed by atoms with Crippen LogP contribution in [-0.4, -0.2) is 24.9 Å². The third-order valence-corrected chi connectivity index (χ3v) is 5.87. The van der Waals surface area contributed by atoms with Crippen LogP contribution in [0.4, 0.5) is 0 Å². The van der Waals surface area contributed by atoms with E-state index in [9.17, 15) is 9.59 Å². The lowest BCUT2D eigenvalue weighted by Gasteiger charge is -2.02. The van der Waals surface area contributed by atoms with Gasteiger partial charge in [0.05, 0.1) is 0 Å². The van der Waals surface area contributed by atoms with Gasteiger partial charge >= 0.3 is 0 Å². The quantitative estimate of drug-likeness (QED) is 0.143. The smallest absolute Gasteiger partial charge is 0.244 e. The van der Waals surface area contributed by atoms with Crippen molar-refractivity contribution in [3.8, 4) is 0 Å². The number of unbranched alkanes of at least 4 members (excludes halogenated alkanes) is 10. The van der Waals surface area contributed by atoms with Crippen molar-refractivity contribution in [3.63, 3.8) is 0 Å². The first-order chi connectivity index (χ1) is 13.7. The zero-order valence-corrected chi connectivity index (χ0v) is 19.5. The van der Waals surface area contributed by atoms with Gasteiger partial charge in [-0.15, -0.1) is 0 Å². The minimum absolute atomic E-state index is 0.0534. The Balaban J connectivity index is 3.50. The van der Waals surface area contributed by atoms with Crippen LogP contribution >= 0.6 is 21.6 Å². The Bertz CT molecular complexity index is 400. The van der Waals surface area contributed by atoms with E-state index in [1.807, 2.05) is 0 Å². The number of carbonyl (C=O) groups excluding carboxylic acids is 2. The van der Waals surface area contributed by atoms with Gasteiger partial charge in [-0.25, -0.2) is 0 Å². The van der Waals surface area contributed by atoms with Crippen molar-refractivity contribution in [2.24, 2.45) is 0 Å². The van der Waals surface area contributed by atoms with Crippen molar-refractivity contribution in [3.05, 3.63) is 23.0 Å². The molecule has 0 fully saturated rings. The molecule has 0 spiro atoms. The second-order valence-electron chi connectivity index (χ2n) is 6.92. The average molecular weight is 429 g/mol. The Kier molecular flexibility index (Phi) is 21.7. The number of carbonyl (C=O) groups is 2. The summed E-state index contributed by atoms with van der Waals surface area (Å²) in [5.74, 6) is -0.107. The molecule has 0 radical (unpaired) electrons. The van der Waals surface area contributed by atoms with E-state index in [1.165, 1.54) is 85.8 Å². The van der Waals surface area contributed by atoms with Crippen molar-refractivity contribution in [1.29, 1.82) is 0 Å². The summed E-state index contributed by atoms with van der Waals surface area (Å²) in [4.78, 5) is 23.3. The molecule has 2 amide bonds. The zero-order valence-electron chi connectivity index (χ0n) is 17.8. The number of hydrogen-bond acceptors (Lipinski definition) is 4. The van der Waals surface area contributed by atoms with Gasteiger partial charge in [0.25, 0.3) is 0 Å². The predicted octanol–water partition coefficient (Wildman–Crippen LogP) is 6.35. The van der Waals surface area contributed by atoms with Crippen molar-refractivity contribution in [2.75, 3.05) is 13.1 Å². The van der Waals surface area contributed by atoms with Crippen molar-refractivity contribution < 1.29 is 9.59 Å². The molecule has 0 aliphatic rings. The minimum atomic E-state index is -0.0534.